The molecule has 0 spiro atoms. The molecule has 0 radical (unpaired) electrons. The zero-order chi connectivity index (χ0) is 75.6. The number of para-hydroxylation sites is 2. The van der Waals surface area contributed by atoms with Crippen molar-refractivity contribution in [3.8, 4) is 34.5 Å². The summed E-state index contributed by atoms with van der Waals surface area (Å²) in [6, 6.07) is 36.4. The van der Waals surface area contributed by atoms with Crippen LogP contribution < -0.4 is 23.7 Å². The van der Waals surface area contributed by atoms with Crippen LogP contribution in [0.2, 0.25) is 0 Å². The Bertz CT molecular complexity index is 4040. The molecule has 0 aromatic heterocycles. The fourth-order valence-corrected chi connectivity index (χ4v) is 15.9. The normalized spacial score (nSPS) is 14.8. The summed E-state index contributed by atoms with van der Waals surface area (Å²) in [5.74, 6) is 2.89. The SMILES string of the molecule is Cc1ccccc1C(=O)Oc1ccccc1C(=O)Oc1c(C(C)(C)C)cc(SC(C)(C)Sc2cc(C(C)(C)C)c(O)c(C(C)(C)C)c2)cc1C(C)(C)C.Cc1ccccc1C(=O)Oc1ccccc1C(=O)Oc1c(C)c(C)c2c(c1C)CCC(C)(CCCC(C)CCCC(C)CCCC(C)C)O2. The van der Waals surface area contributed by atoms with Crippen LogP contribution in [0.1, 0.15) is 293 Å². The molecular weight excluding hydrogens is 1310 g/mol. The standard InChI is InChI=1S/C46H58O5S2.C44H60O5/c1-28-20-16-17-21-31(28)40(48)50-37-23-19-18-22-32(37)41(49)51-39-35(44(8,9)10)26-30(27-36(39)45(11,12)13)53-46(14,15)52-29-24-33(42(2,3)4)38(47)34(25-29)43(5,6)7;1-29(2)17-14-18-30(3)19-15-20-31(4)21-16-27-44(9)28-26-37-35(8)40(33(6)34(7)41(37)49-44)48-43(46)38-24-12-13-25-39(38)47-42(45)36-23-11-10-22-32(36)5/h16-27,47H,1-15H3;10-13,22-25,29-31H,14-21,26-28H2,1-9H3. The number of thioether (sulfide) groups is 2. The van der Waals surface area contributed by atoms with Crippen molar-refractivity contribution in [3.63, 3.8) is 0 Å². The van der Waals surface area contributed by atoms with E-state index in [2.05, 4.69) is 163 Å². The predicted molar refractivity (Wildman–Crippen MR) is 423 cm³/mol. The molecule has 0 fully saturated rings. The van der Waals surface area contributed by atoms with Gasteiger partial charge in [0.25, 0.3) is 0 Å². The van der Waals surface area contributed by atoms with Gasteiger partial charge in [0.2, 0.25) is 0 Å². The number of phenols is 1. The first-order valence-electron chi connectivity index (χ1n) is 36.9. The number of fused-ring (bicyclic) bond motifs is 1. The van der Waals surface area contributed by atoms with Crippen LogP contribution >= 0.6 is 23.5 Å². The van der Waals surface area contributed by atoms with Gasteiger partial charge >= 0.3 is 23.9 Å². The molecular formula is C90H118O10S2. The largest absolute Gasteiger partial charge is 0.507 e. The molecule has 1 N–H and O–H groups in total. The van der Waals surface area contributed by atoms with E-state index >= 15 is 0 Å². The van der Waals surface area contributed by atoms with Gasteiger partial charge in [0, 0.05) is 37.6 Å². The van der Waals surface area contributed by atoms with Crippen LogP contribution in [0.15, 0.2) is 131 Å². The van der Waals surface area contributed by atoms with Crippen molar-refractivity contribution in [2.75, 3.05) is 0 Å². The fourth-order valence-electron chi connectivity index (χ4n) is 13.4. The first kappa shape index (κ1) is 82.0. The minimum absolute atomic E-state index is 0.143. The molecule has 0 bridgehead atoms. The zero-order valence-corrected chi connectivity index (χ0v) is 67.6. The molecule has 7 aromatic carbocycles. The van der Waals surface area contributed by atoms with Gasteiger partial charge in [-0.3, -0.25) is 0 Å². The van der Waals surface area contributed by atoms with Crippen molar-refractivity contribution in [2.45, 2.75) is 278 Å². The average molecular weight is 1420 g/mol. The summed E-state index contributed by atoms with van der Waals surface area (Å²) < 4.78 is 30.5. The highest BCUT2D eigenvalue weighted by molar-refractivity contribution is 8.18. The summed E-state index contributed by atoms with van der Waals surface area (Å²) in [5.41, 5.74) is 9.07. The maximum atomic E-state index is 14.1. The average Bonchev–Trinajstić information content (AvgIpc) is 0.769. The molecule has 550 valence electrons. The minimum atomic E-state index is -0.595. The van der Waals surface area contributed by atoms with Gasteiger partial charge in [0.05, 0.1) is 15.2 Å². The van der Waals surface area contributed by atoms with E-state index in [1.165, 1.54) is 44.9 Å². The molecule has 3 unspecified atom stereocenters. The highest BCUT2D eigenvalue weighted by atomic mass is 32.2. The molecule has 7 aromatic rings. The second-order valence-electron chi connectivity index (χ2n) is 33.9. The summed E-state index contributed by atoms with van der Waals surface area (Å²) >= 11 is 3.55. The number of ether oxygens (including phenoxy) is 5. The molecule has 1 aliphatic heterocycles. The van der Waals surface area contributed by atoms with E-state index in [9.17, 15) is 24.3 Å². The number of benzene rings is 7. The maximum Gasteiger partial charge on any atom is 0.347 e. The van der Waals surface area contributed by atoms with E-state index in [1.807, 2.05) is 52.0 Å². The number of aromatic hydroxyl groups is 1. The van der Waals surface area contributed by atoms with Gasteiger partial charge in [0.1, 0.15) is 51.2 Å². The smallest absolute Gasteiger partial charge is 0.347 e. The van der Waals surface area contributed by atoms with Crippen molar-refractivity contribution in [1.29, 1.82) is 0 Å². The number of hydrogen-bond donors (Lipinski definition) is 1. The van der Waals surface area contributed by atoms with Crippen molar-refractivity contribution < 1.29 is 48.0 Å². The molecule has 0 saturated carbocycles. The Labute approximate surface area is 621 Å². The molecule has 8 rings (SSSR count). The Morgan fingerprint density at radius 2 is 0.824 bits per heavy atom. The second-order valence-corrected chi connectivity index (χ2v) is 37.6. The van der Waals surface area contributed by atoms with Gasteiger partial charge in [-0.05, 0) is 209 Å². The summed E-state index contributed by atoms with van der Waals surface area (Å²) in [5, 5.41) is 11.3. The van der Waals surface area contributed by atoms with Crippen molar-refractivity contribution in [1.82, 2.24) is 0 Å². The third kappa shape index (κ3) is 21.9. The molecule has 0 saturated heterocycles. The molecule has 0 amide bonds. The van der Waals surface area contributed by atoms with Gasteiger partial charge in [0.15, 0.2) is 0 Å². The topological polar surface area (TPSA) is 135 Å². The molecule has 10 nitrogen and oxygen atoms in total. The summed E-state index contributed by atoms with van der Waals surface area (Å²) in [7, 11) is 0. The lowest BCUT2D eigenvalue weighted by Gasteiger charge is -2.38. The number of aryl methyl sites for hydroxylation is 2. The molecule has 12 heteroatoms. The number of rotatable bonds is 24. The molecule has 0 aliphatic carbocycles. The highest BCUT2D eigenvalue weighted by Crippen LogP contribution is 2.52. The number of carbonyl (C=O) groups is 4. The summed E-state index contributed by atoms with van der Waals surface area (Å²) in [4.78, 5) is 56.0. The summed E-state index contributed by atoms with van der Waals surface area (Å²) in [6.07, 6.45) is 13.3. The lowest BCUT2D eigenvalue weighted by Crippen LogP contribution is -2.37. The first-order valence-corrected chi connectivity index (χ1v) is 38.6. The third-order valence-electron chi connectivity index (χ3n) is 19.7. The van der Waals surface area contributed by atoms with Gasteiger partial charge in [-0.25, -0.2) is 19.2 Å². The lowest BCUT2D eigenvalue weighted by molar-refractivity contribution is 0.0508. The van der Waals surface area contributed by atoms with Crippen LogP contribution in [0.3, 0.4) is 0 Å². The zero-order valence-electron chi connectivity index (χ0n) is 66.0. The Morgan fingerprint density at radius 3 is 1.24 bits per heavy atom. The highest BCUT2D eigenvalue weighted by Gasteiger charge is 2.37. The van der Waals surface area contributed by atoms with E-state index in [0.717, 1.165) is 115 Å². The summed E-state index contributed by atoms with van der Waals surface area (Å²) in [6.45, 7) is 51.5. The van der Waals surface area contributed by atoms with Crippen LogP contribution in [-0.4, -0.2) is 38.7 Å². The number of carbonyl (C=O) groups excluding carboxylic acids is 4. The van der Waals surface area contributed by atoms with E-state index in [-0.39, 0.29) is 54.0 Å². The van der Waals surface area contributed by atoms with Crippen molar-refractivity contribution in [2.24, 2.45) is 17.8 Å². The van der Waals surface area contributed by atoms with Crippen molar-refractivity contribution in [3.05, 3.63) is 199 Å². The van der Waals surface area contributed by atoms with Gasteiger partial charge < -0.3 is 28.8 Å². The molecule has 102 heavy (non-hydrogen) atoms. The van der Waals surface area contributed by atoms with Crippen LogP contribution in [0.4, 0.5) is 0 Å². The molecule has 3 atom stereocenters. The van der Waals surface area contributed by atoms with Gasteiger partial charge in [-0.15, -0.1) is 23.5 Å². The monoisotopic (exact) mass is 1420 g/mol. The van der Waals surface area contributed by atoms with E-state index in [4.69, 9.17) is 23.7 Å². The van der Waals surface area contributed by atoms with Crippen molar-refractivity contribution >= 4 is 47.4 Å². The molecule has 1 aliphatic rings. The lowest BCUT2D eigenvalue weighted by atomic mass is 9.79. The first-order chi connectivity index (χ1) is 47.5. The van der Waals surface area contributed by atoms with Gasteiger partial charge in [-0.2, -0.15) is 0 Å². The second kappa shape index (κ2) is 34.1. The maximum absolute atomic E-state index is 14.1. The Balaban J connectivity index is 0.000000287. The van der Waals surface area contributed by atoms with E-state index in [0.29, 0.717) is 28.4 Å². The third-order valence-corrected chi connectivity index (χ3v) is 22.1. The van der Waals surface area contributed by atoms with Crippen LogP contribution in [0, 0.1) is 52.4 Å². The predicted octanol–water partition coefficient (Wildman–Crippen LogP) is 24.8. The fraction of sp³-hybridized carbons (Fsp3) is 0.489. The van der Waals surface area contributed by atoms with E-state index in [1.54, 1.807) is 96.3 Å². The van der Waals surface area contributed by atoms with Crippen LogP contribution in [0.5, 0.6) is 34.5 Å². The Hall–Kier alpha value is -7.28. The Kier molecular flexibility index (Phi) is 27.4. The van der Waals surface area contributed by atoms with Crippen LogP contribution in [0.25, 0.3) is 0 Å². The number of phenolic OH excluding ortho intramolecular Hbond substituents is 1. The number of esters is 4. The number of hydrogen-bond acceptors (Lipinski definition) is 12. The van der Waals surface area contributed by atoms with E-state index < -0.39 is 23.9 Å². The van der Waals surface area contributed by atoms with Crippen LogP contribution in [-0.2, 0) is 28.1 Å². The quantitative estimate of drug-likeness (QED) is 0.0267. The van der Waals surface area contributed by atoms with Gasteiger partial charge in [-0.1, -0.05) is 216 Å². The molecule has 1 heterocycles. The minimum Gasteiger partial charge on any atom is -0.507 e. The Morgan fingerprint density at radius 1 is 0.461 bits per heavy atom.